The largest absolute Gasteiger partial charge is 0.481 e. The van der Waals surface area contributed by atoms with E-state index < -0.39 is 27.5 Å². The maximum Gasteiger partial charge on any atom is 0.313 e. The lowest BCUT2D eigenvalue weighted by atomic mass is 10.4. The van der Waals surface area contributed by atoms with Gasteiger partial charge in [0.2, 0.25) is 5.91 Å². The number of sulfone groups is 1. The van der Waals surface area contributed by atoms with Crippen LogP contribution in [0, 0.1) is 0 Å². The van der Waals surface area contributed by atoms with E-state index >= 15 is 0 Å². The maximum absolute atomic E-state index is 11.9. The highest BCUT2D eigenvalue weighted by atomic mass is 35.5. The van der Waals surface area contributed by atoms with Gasteiger partial charge in [-0.15, -0.1) is 11.8 Å². The predicted octanol–water partition coefficient (Wildman–Crippen LogP) is 1.05. The molecule has 0 heterocycles. The van der Waals surface area contributed by atoms with Crippen LogP contribution in [0.25, 0.3) is 0 Å². The molecule has 6 nitrogen and oxygen atoms in total. The van der Waals surface area contributed by atoms with Gasteiger partial charge in [-0.2, -0.15) is 0 Å². The first kappa shape index (κ1) is 17.8. The molecule has 1 amide bonds. The van der Waals surface area contributed by atoms with Gasteiger partial charge >= 0.3 is 5.97 Å². The summed E-state index contributed by atoms with van der Waals surface area (Å²) in [5.41, 5.74) is 0. The number of benzene rings is 1. The van der Waals surface area contributed by atoms with Gasteiger partial charge in [0.1, 0.15) is 5.75 Å². The van der Waals surface area contributed by atoms with Crippen LogP contribution < -0.4 is 5.32 Å². The first-order valence-electron chi connectivity index (χ1n) is 5.86. The zero-order valence-corrected chi connectivity index (χ0v) is 13.3. The summed E-state index contributed by atoms with van der Waals surface area (Å²) in [4.78, 5) is 21.9. The number of hydrogen-bond acceptors (Lipinski definition) is 5. The third kappa shape index (κ3) is 6.83. The second-order valence-corrected chi connectivity index (χ2v) is 7.54. The molecule has 9 heteroatoms. The van der Waals surface area contributed by atoms with Crippen molar-refractivity contribution < 1.29 is 23.1 Å². The first-order chi connectivity index (χ1) is 9.81. The summed E-state index contributed by atoms with van der Waals surface area (Å²) in [6.45, 7) is 0.215. The molecule has 0 aliphatic carbocycles. The molecular weight excluding hydrogens is 338 g/mol. The van der Waals surface area contributed by atoms with E-state index in [4.69, 9.17) is 16.7 Å². The molecule has 0 spiro atoms. The van der Waals surface area contributed by atoms with Crippen LogP contribution in [0.4, 0.5) is 0 Å². The van der Waals surface area contributed by atoms with Crippen molar-refractivity contribution in [3.05, 3.63) is 29.3 Å². The van der Waals surface area contributed by atoms with Gasteiger partial charge in [0.15, 0.2) is 9.84 Å². The molecule has 0 atom stereocenters. The van der Waals surface area contributed by atoms with Crippen LogP contribution >= 0.6 is 23.4 Å². The number of thioether (sulfide) groups is 1. The fourth-order valence-electron chi connectivity index (χ4n) is 1.37. The minimum absolute atomic E-state index is 0.0299. The Morgan fingerprint density at radius 3 is 2.43 bits per heavy atom. The number of hydrogen-bond donors (Lipinski definition) is 2. The Hall–Kier alpha value is -1.25. The number of rotatable bonds is 8. The molecule has 0 aromatic heterocycles. The summed E-state index contributed by atoms with van der Waals surface area (Å²) in [5, 5.41) is 11.3. The number of halogens is 1. The molecule has 0 aliphatic heterocycles. The summed E-state index contributed by atoms with van der Waals surface area (Å²) < 4.78 is 23.9. The lowest BCUT2D eigenvalue weighted by Crippen LogP contribution is -2.32. The van der Waals surface area contributed by atoms with Gasteiger partial charge in [-0.05, 0) is 24.3 Å². The van der Waals surface area contributed by atoms with E-state index in [1.54, 1.807) is 0 Å². The molecule has 116 valence electrons. The van der Waals surface area contributed by atoms with Crippen molar-refractivity contribution in [1.82, 2.24) is 5.32 Å². The quantitative estimate of drug-likeness (QED) is 0.679. The summed E-state index contributed by atoms with van der Waals surface area (Å²) >= 11 is 6.81. The van der Waals surface area contributed by atoms with Gasteiger partial charge < -0.3 is 10.4 Å². The van der Waals surface area contributed by atoms with E-state index in [-0.39, 0.29) is 17.2 Å². The van der Waals surface area contributed by atoms with E-state index in [1.165, 1.54) is 24.3 Å². The Morgan fingerprint density at radius 2 is 1.86 bits per heavy atom. The molecule has 1 aromatic rings. The van der Waals surface area contributed by atoms with Crippen LogP contribution in [0.5, 0.6) is 0 Å². The molecule has 0 aliphatic rings. The molecule has 1 rings (SSSR count). The number of carboxylic acid groups (broad SMARTS) is 1. The number of nitrogens with one attached hydrogen (secondary N) is 1. The van der Waals surface area contributed by atoms with Crippen LogP contribution in [0.2, 0.25) is 5.02 Å². The van der Waals surface area contributed by atoms with E-state index in [0.717, 1.165) is 11.8 Å². The fraction of sp³-hybridized carbons (Fsp3) is 0.333. The minimum Gasteiger partial charge on any atom is -0.481 e. The zero-order chi connectivity index (χ0) is 15.9. The molecular formula is C12H14ClNO5S2. The SMILES string of the molecule is O=C(O)CSCCNC(=O)CS(=O)(=O)c1ccc(Cl)cc1. The van der Waals surface area contributed by atoms with E-state index in [1.807, 2.05) is 0 Å². The lowest BCUT2D eigenvalue weighted by Gasteiger charge is -2.06. The van der Waals surface area contributed by atoms with E-state index in [9.17, 15) is 18.0 Å². The van der Waals surface area contributed by atoms with Crippen molar-refractivity contribution in [3.63, 3.8) is 0 Å². The highest BCUT2D eigenvalue weighted by Gasteiger charge is 2.18. The van der Waals surface area contributed by atoms with Crippen LogP contribution in [-0.4, -0.2) is 49.2 Å². The molecule has 0 saturated carbocycles. The average Bonchev–Trinajstić information content (AvgIpc) is 2.37. The zero-order valence-electron chi connectivity index (χ0n) is 10.9. The fourth-order valence-corrected chi connectivity index (χ4v) is 3.23. The predicted molar refractivity (Wildman–Crippen MR) is 81.5 cm³/mol. The molecule has 2 N–H and O–H groups in total. The van der Waals surface area contributed by atoms with E-state index in [0.29, 0.717) is 10.8 Å². The average molecular weight is 352 g/mol. The van der Waals surface area contributed by atoms with Crippen molar-refractivity contribution in [3.8, 4) is 0 Å². The standard InChI is InChI=1S/C12H14ClNO5S2/c13-9-1-3-10(4-2-9)21(18,19)8-11(15)14-5-6-20-7-12(16)17/h1-4H,5-8H2,(H,14,15)(H,16,17). The Kier molecular flexibility index (Phi) is 7.00. The van der Waals surface area contributed by atoms with Crippen LogP contribution in [0.3, 0.4) is 0 Å². The Labute approximate surface area is 131 Å². The third-order valence-corrected chi connectivity index (χ3v) is 5.12. The smallest absolute Gasteiger partial charge is 0.313 e. The number of amides is 1. The van der Waals surface area contributed by atoms with E-state index in [2.05, 4.69) is 5.32 Å². The number of carbonyl (C=O) groups excluding carboxylic acids is 1. The number of aliphatic carboxylic acids is 1. The van der Waals surface area contributed by atoms with Gasteiger partial charge in [-0.1, -0.05) is 11.6 Å². The molecule has 0 fully saturated rings. The molecule has 21 heavy (non-hydrogen) atoms. The molecule has 0 unspecified atom stereocenters. The van der Waals surface area contributed by atoms with Crippen molar-refractivity contribution in [2.24, 2.45) is 0 Å². The Morgan fingerprint density at radius 1 is 1.24 bits per heavy atom. The summed E-state index contributed by atoms with van der Waals surface area (Å²) in [5.74, 6) is -1.87. The normalized spacial score (nSPS) is 11.1. The Balaban J connectivity index is 2.43. The van der Waals surface area contributed by atoms with Crippen molar-refractivity contribution in [2.75, 3.05) is 23.8 Å². The second-order valence-electron chi connectivity index (χ2n) is 4.01. The van der Waals surface area contributed by atoms with Crippen LogP contribution in [0.1, 0.15) is 0 Å². The number of carboxylic acids is 1. The van der Waals surface area contributed by atoms with Crippen molar-refractivity contribution in [1.29, 1.82) is 0 Å². The summed E-state index contributed by atoms with van der Waals surface area (Å²) in [6.07, 6.45) is 0. The molecule has 1 aromatic carbocycles. The van der Waals surface area contributed by atoms with Gasteiger partial charge in [-0.3, -0.25) is 9.59 Å². The highest BCUT2D eigenvalue weighted by Crippen LogP contribution is 2.15. The Bertz CT molecular complexity index is 601. The van der Waals surface area contributed by atoms with Gasteiger partial charge in [0, 0.05) is 17.3 Å². The van der Waals surface area contributed by atoms with Crippen molar-refractivity contribution >= 4 is 45.1 Å². The topological polar surface area (TPSA) is 101 Å². The monoisotopic (exact) mass is 351 g/mol. The van der Waals surface area contributed by atoms with Gasteiger partial charge in [0.25, 0.3) is 0 Å². The van der Waals surface area contributed by atoms with Crippen LogP contribution in [0.15, 0.2) is 29.2 Å². The summed E-state index contributed by atoms with van der Waals surface area (Å²) in [7, 11) is -3.70. The first-order valence-corrected chi connectivity index (χ1v) is 9.04. The van der Waals surface area contributed by atoms with Gasteiger partial charge in [0.05, 0.1) is 10.6 Å². The molecule has 0 saturated heterocycles. The maximum atomic E-state index is 11.9. The second kappa shape index (κ2) is 8.26. The molecule has 0 bridgehead atoms. The third-order valence-electron chi connectivity index (χ3n) is 2.29. The van der Waals surface area contributed by atoms with Crippen LogP contribution in [-0.2, 0) is 19.4 Å². The molecule has 0 radical (unpaired) electrons. The lowest BCUT2D eigenvalue weighted by molar-refractivity contribution is -0.133. The highest BCUT2D eigenvalue weighted by molar-refractivity contribution is 7.99. The minimum atomic E-state index is -3.70. The van der Waals surface area contributed by atoms with Gasteiger partial charge in [-0.25, -0.2) is 8.42 Å². The summed E-state index contributed by atoms with van der Waals surface area (Å²) in [6, 6.07) is 5.56. The number of carbonyl (C=O) groups is 2. The van der Waals surface area contributed by atoms with Crippen molar-refractivity contribution in [2.45, 2.75) is 4.90 Å².